The maximum Gasteiger partial charge on any atom is 0.117 e. The van der Waals surface area contributed by atoms with Gasteiger partial charge in [-0.15, -0.1) is 23.2 Å². The Hall–Kier alpha value is 0.270. The first kappa shape index (κ1) is 23.4. The van der Waals surface area contributed by atoms with E-state index in [1.54, 1.807) is 0 Å². The van der Waals surface area contributed by atoms with E-state index in [1.807, 2.05) is 6.92 Å². The number of ether oxygens (including phenoxy) is 1. The Morgan fingerprint density at radius 2 is 1.90 bits per heavy atom. The van der Waals surface area contributed by atoms with Crippen LogP contribution in [-0.4, -0.2) is 79.1 Å². The van der Waals surface area contributed by atoms with Crippen LogP contribution < -0.4 is 21.8 Å². The fraction of sp³-hybridized carbons (Fsp3) is 1.00. The SMILES string of the molecule is C[C@@H](OC1CC(C2CNN(C3CC[NH2+]CC3)C2)CNC1N)C1C(Cl)CCC(F)C1Cl. The van der Waals surface area contributed by atoms with Crippen LogP contribution in [0.15, 0.2) is 0 Å². The summed E-state index contributed by atoms with van der Waals surface area (Å²) >= 11 is 12.9. The van der Waals surface area contributed by atoms with Gasteiger partial charge in [-0.25, -0.2) is 9.40 Å². The summed E-state index contributed by atoms with van der Waals surface area (Å²) in [5.74, 6) is 0.897. The van der Waals surface area contributed by atoms with Crippen molar-refractivity contribution in [1.82, 2.24) is 15.8 Å². The fourth-order valence-corrected chi connectivity index (χ4v) is 6.98. The Labute approximate surface area is 190 Å². The van der Waals surface area contributed by atoms with Crippen LogP contribution in [0.4, 0.5) is 4.39 Å². The lowest BCUT2D eigenvalue weighted by atomic mass is 9.82. The van der Waals surface area contributed by atoms with Crippen LogP contribution in [0.3, 0.4) is 0 Å². The molecule has 0 bridgehead atoms. The molecule has 6 nitrogen and oxygen atoms in total. The van der Waals surface area contributed by atoms with E-state index in [9.17, 15) is 4.39 Å². The van der Waals surface area contributed by atoms with Gasteiger partial charge in [-0.05, 0) is 44.6 Å². The molecule has 4 rings (SSSR count). The molecule has 30 heavy (non-hydrogen) atoms. The van der Waals surface area contributed by atoms with Gasteiger partial charge in [-0.2, -0.15) is 0 Å². The third-order valence-electron chi connectivity index (χ3n) is 7.84. The molecular weight excluding hydrogens is 428 g/mol. The molecule has 4 aliphatic rings. The number of halogens is 3. The van der Waals surface area contributed by atoms with Crippen molar-refractivity contribution in [1.29, 1.82) is 0 Å². The van der Waals surface area contributed by atoms with E-state index in [4.69, 9.17) is 33.7 Å². The zero-order chi connectivity index (χ0) is 21.3. The lowest BCUT2D eigenvalue weighted by molar-refractivity contribution is -0.664. The van der Waals surface area contributed by atoms with Gasteiger partial charge in [0, 0.05) is 43.3 Å². The number of piperidine rings is 2. The van der Waals surface area contributed by atoms with E-state index in [0.717, 1.165) is 26.1 Å². The van der Waals surface area contributed by atoms with Gasteiger partial charge in [-0.3, -0.25) is 10.7 Å². The predicted octanol–water partition coefficient (Wildman–Crippen LogP) is 0.780. The molecule has 0 aromatic carbocycles. The van der Waals surface area contributed by atoms with Crippen molar-refractivity contribution in [3.05, 3.63) is 0 Å². The molecular formula is C21H39Cl2FN5O+. The molecule has 8 unspecified atom stereocenters. The van der Waals surface area contributed by atoms with E-state index < -0.39 is 11.5 Å². The van der Waals surface area contributed by atoms with Crippen LogP contribution in [-0.2, 0) is 4.74 Å². The summed E-state index contributed by atoms with van der Waals surface area (Å²) < 4.78 is 20.6. The highest BCUT2D eigenvalue weighted by Crippen LogP contribution is 2.38. The van der Waals surface area contributed by atoms with Crippen LogP contribution in [0, 0.1) is 17.8 Å². The quantitative estimate of drug-likeness (QED) is 0.450. The standard InChI is InChI=1S/C21H38Cl2FN5O/c1-12(19-16(22)2-3-17(24)20(19)23)30-18-8-13(9-27-21(18)25)14-10-28-29(11-14)15-4-6-26-7-5-15/h12-21,26-28H,2-11,25H2,1H3/p+1/t12-,13?,14?,16?,17?,18?,19?,20?,21?/m1/s1. The van der Waals surface area contributed by atoms with E-state index >= 15 is 0 Å². The molecule has 0 radical (unpaired) electrons. The highest BCUT2D eigenvalue weighted by molar-refractivity contribution is 6.24. The molecule has 3 aliphatic heterocycles. The molecule has 174 valence electrons. The number of quaternary nitrogens is 1. The van der Waals surface area contributed by atoms with Gasteiger partial charge < -0.3 is 15.8 Å². The largest absolute Gasteiger partial charge is 0.372 e. The molecule has 9 heteroatoms. The Morgan fingerprint density at radius 1 is 1.13 bits per heavy atom. The Kier molecular flexibility index (Phi) is 8.18. The first-order valence-electron chi connectivity index (χ1n) is 11.8. The van der Waals surface area contributed by atoms with Crippen LogP contribution in [0.5, 0.6) is 0 Å². The smallest absolute Gasteiger partial charge is 0.117 e. The minimum absolute atomic E-state index is 0.107. The van der Waals surface area contributed by atoms with Crippen LogP contribution >= 0.6 is 23.2 Å². The Balaban J connectivity index is 1.32. The molecule has 0 spiro atoms. The van der Waals surface area contributed by atoms with Crippen molar-refractivity contribution in [3.63, 3.8) is 0 Å². The second-order valence-corrected chi connectivity index (χ2v) is 10.9. The summed E-state index contributed by atoms with van der Waals surface area (Å²) in [6.07, 6.45) is 2.95. The van der Waals surface area contributed by atoms with Gasteiger partial charge in [0.25, 0.3) is 0 Å². The lowest BCUT2D eigenvalue weighted by Crippen LogP contribution is -2.87. The maximum atomic E-state index is 14.2. The highest BCUT2D eigenvalue weighted by atomic mass is 35.5. The monoisotopic (exact) mass is 466 g/mol. The van der Waals surface area contributed by atoms with Crippen LogP contribution in [0.1, 0.15) is 39.0 Å². The number of nitrogens with one attached hydrogen (secondary N) is 2. The summed E-state index contributed by atoms with van der Waals surface area (Å²) in [6, 6.07) is 0.659. The van der Waals surface area contributed by atoms with Gasteiger partial charge in [-0.1, -0.05) is 0 Å². The number of rotatable bonds is 5. The average Bonchev–Trinajstić information content (AvgIpc) is 3.24. The first-order valence-corrected chi connectivity index (χ1v) is 12.7. The topological polar surface area (TPSA) is 79.2 Å². The molecule has 0 aromatic heterocycles. The molecule has 9 atom stereocenters. The molecule has 3 saturated heterocycles. The summed E-state index contributed by atoms with van der Waals surface area (Å²) in [4.78, 5) is 0. The van der Waals surface area contributed by atoms with Crippen molar-refractivity contribution < 1.29 is 14.4 Å². The number of hydrogen-bond donors (Lipinski definition) is 4. The summed E-state index contributed by atoms with van der Waals surface area (Å²) in [7, 11) is 0. The van der Waals surface area contributed by atoms with Crippen molar-refractivity contribution in [2.75, 3.05) is 32.7 Å². The number of nitrogens with zero attached hydrogens (tertiary/aromatic N) is 1. The molecule has 1 saturated carbocycles. The Bertz CT molecular complexity index is 557. The number of nitrogens with two attached hydrogens (primary N) is 2. The zero-order valence-corrected chi connectivity index (χ0v) is 19.5. The van der Waals surface area contributed by atoms with Crippen molar-refractivity contribution in [3.8, 4) is 0 Å². The normalized spacial score (nSPS) is 45.5. The zero-order valence-electron chi connectivity index (χ0n) is 18.0. The number of hydrogen-bond acceptors (Lipinski definition) is 5. The van der Waals surface area contributed by atoms with Crippen molar-refractivity contribution >= 4 is 23.2 Å². The van der Waals surface area contributed by atoms with Crippen LogP contribution in [0.25, 0.3) is 0 Å². The molecule has 0 aromatic rings. The first-order chi connectivity index (χ1) is 14.4. The van der Waals surface area contributed by atoms with Gasteiger partial charge in [0.2, 0.25) is 0 Å². The second kappa shape index (κ2) is 10.5. The third-order valence-corrected chi connectivity index (χ3v) is 8.91. The van der Waals surface area contributed by atoms with Crippen molar-refractivity contribution in [2.24, 2.45) is 23.5 Å². The highest BCUT2D eigenvalue weighted by Gasteiger charge is 2.44. The summed E-state index contributed by atoms with van der Waals surface area (Å²) in [5.41, 5.74) is 10.0. The van der Waals surface area contributed by atoms with Gasteiger partial charge in [0.05, 0.1) is 36.8 Å². The van der Waals surface area contributed by atoms with Gasteiger partial charge >= 0.3 is 0 Å². The van der Waals surface area contributed by atoms with E-state index in [0.29, 0.717) is 30.7 Å². The molecule has 0 amide bonds. The third kappa shape index (κ3) is 5.25. The minimum atomic E-state index is -1.02. The summed E-state index contributed by atoms with van der Waals surface area (Å²) in [6.45, 7) is 7.46. The van der Waals surface area contributed by atoms with Gasteiger partial charge in [0.15, 0.2) is 0 Å². The second-order valence-electron chi connectivity index (χ2n) is 9.81. The van der Waals surface area contributed by atoms with E-state index in [1.165, 1.54) is 25.9 Å². The summed E-state index contributed by atoms with van der Waals surface area (Å²) in [5, 5.41) is 7.59. The maximum absolute atomic E-state index is 14.2. The molecule has 6 N–H and O–H groups in total. The average molecular weight is 467 g/mol. The minimum Gasteiger partial charge on any atom is -0.372 e. The number of hydrazine groups is 1. The van der Waals surface area contributed by atoms with Crippen LogP contribution in [0.2, 0.25) is 0 Å². The van der Waals surface area contributed by atoms with E-state index in [2.05, 4.69) is 21.1 Å². The molecule has 3 heterocycles. The fourth-order valence-electron chi connectivity index (χ4n) is 5.91. The number of alkyl halides is 3. The molecule has 4 fully saturated rings. The Morgan fingerprint density at radius 3 is 2.67 bits per heavy atom. The van der Waals surface area contributed by atoms with E-state index in [-0.39, 0.29) is 29.7 Å². The van der Waals surface area contributed by atoms with Crippen molar-refractivity contribution in [2.45, 2.75) is 80.4 Å². The lowest BCUT2D eigenvalue weighted by Gasteiger charge is -2.42. The molecule has 1 aliphatic carbocycles. The predicted molar refractivity (Wildman–Crippen MR) is 118 cm³/mol. The van der Waals surface area contributed by atoms with Gasteiger partial charge in [0.1, 0.15) is 6.17 Å².